The number of nitrogens with zero attached hydrogens (tertiary/aromatic N) is 2. The fourth-order valence-corrected chi connectivity index (χ4v) is 4.17. The van der Waals surface area contributed by atoms with Crippen LogP contribution in [0.2, 0.25) is 0 Å². The number of nitro benzene ring substituents is 1. The average Bonchev–Trinajstić information content (AvgIpc) is 2.70. The zero-order valence-electron chi connectivity index (χ0n) is 17.0. The highest BCUT2D eigenvalue weighted by Crippen LogP contribution is 2.36. The normalized spacial score (nSPS) is 12.0. The van der Waals surface area contributed by atoms with Gasteiger partial charge in [-0.25, -0.2) is 8.42 Å². The first-order valence-corrected chi connectivity index (χ1v) is 10.7. The maximum atomic E-state index is 13.0. The number of hydrogen-bond acceptors (Lipinski definition) is 7. The van der Waals surface area contributed by atoms with Crippen molar-refractivity contribution in [1.29, 1.82) is 0 Å². The lowest BCUT2D eigenvalue weighted by Crippen LogP contribution is -2.47. The number of para-hydroxylation sites is 2. The third-order valence-electron chi connectivity index (χ3n) is 4.31. The number of amides is 1. The van der Waals surface area contributed by atoms with E-state index in [-0.39, 0.29) is 23.5 Å². The van der Waals surface area contributed by atoms with Gasteiger partial charge in [0.15, 0.2) is 0 Å². The van der Waals surface area contributed by atoms with Crippen LogP contribution < -0.4 is 19.1 Å². The molecule has 2 aromatic rings. The van der Waals surface area contributed by atoms with Crippen LogP contribution in [0.1, 0.15) is 13.3 Å². The van der Waals surface area contributed by atoms with Gasteiger partial charge in [-0.15, -0.1) is 0 Å². The molecule has 0 saturated heterocycles. The molecule has 0 aliphatic rings. The molecule has 2 aromatic carbocycles. The summed E-state index contributed by atoms with van der Waals surface area (Å²) in [5, 5.41) is 13.9. The molecule has 0 aliphatic carbocycles. The number of sulfonamides is 1. The van der Waals surface area contributed by atoms with Crippen LogP contribution in [0.4, 0.5) is 17.1 Å². The molecule has 0 unspecified atom stereocenters. The van der Waals surface area contributed by atoms with Crippen LogP contribution in [0.5, 0.6) is 11.5 Å². The number of nitro groups is 1. The van der Waals surface area contributed by atoms with Crippen molar-refractivity contribution in [2.75, 3.05) is 30.1 Å². The Morgan fingerprint density at radius 1 is 1.17 bits per heavy atom. The molecular formula is C19H23N3O7S. The molecule has 0 radical (unpaired) electrons. The van der Waals surface area contributed by atoms with Gasteiger partial charge in [-0.1, -0.05) is 19.1 Å². The van der Waals surface area contributed by atoms with Gasteiger partial charge in [0, 0.05) is 12.1 Å². The number of ether oxygens (including phenoxy) is 2. The van der Waals surface area contributed by atoms with E-state index in [1.54, 1.807) is 31.2 Å². The number of nitrogens with one attached hydrogen (secondary N) is 1. The second kappa shape index (κ2) is 9.44. The van der Waals surface area contributed by atoms with Crippen molar-refractivity contribution in [3.8, 4) is 11.5 Å². The fraction of sp³-hybridized carbons (Fsp3) is 0.316. The third kappa shape index (κ3) is 4.98. The lowest BCUT2D eigenvalue weighted by Gasteiger charge is -2.31. The predicted octanol–water partition coefficient (Wildman–Crippen LogP) is 2.80. The molecule has 0 saturated carbocycles. The monoisotopic (exact) mass is 437 g/mol. The van der Waals surface area contributed by atoms with E-state index in [1.165, 1.54) is 26.4 Å². The number of benzene rings is 2. The maximum Gasteiger partial charge on any atom is 0.271 e. The minimum atomic E-state index is -4.02. The van der Waals surface area contributed by atoms with E-state index >= 15 is 0 Å². The van der Waals surface area contributed by atoms with Crippen LogP contribution in [0.3, 0.4) is 0 Å². The number of carbonyl (C=O) groups is 1. The lowest BCUT2D eigenvalue weighted by atomic mass is 10.1. The van der Waals surface area contributed by atoms with E-state index in [1.807, 2.05) is 0 Å². The molecule has 0 fully saturated rings. The number of hydrogen-bond donors (Lipinski definition) is 1. The Balaban J connectivity index is 2.56. The molecule has 1 atom stereocenters. The average molecular weight is 437 g/mol. The van der Waals surface area contributed by atoms with E-state index in [0.717, 1.165) is 16.6 Å². The summed E-state index contributed by atoms with van der Waals surface area (Å²) in [6.07, 6.45) is 1.02. The van der Waals surface area contributed by atoms with E-state index in [9.17, 15) is 23.3 Å². The largest absolute Gasteiger partial charge is 0.495 e. The second-order valence-electron chi connectivity index (χ2n) is 6.29. The van der Waals surface area contributed by atoms with Crippen LogP contribution in [0.25, 0.3) is 0 Å². The number of anilines is 2. The molecule has 0 aliphatic heterocycles. The van der Waals surface area contributed by atoms with Crippen LogP contribution in [0, 0.1) is 10.1 Å². The Morgan fingerprint density at radius 3 is 2.33 bits per heavy atom. The molecule has 0 aromatic heterocycles. The van der Waals surface area contributed by atoms with Gasteiger partial charge in [0.25, 0.3) is 5.69 Å². The molecule has 2 rings (SSSR count). The first kappa shape index (κ1) is 22.9. The highest BCUT2D eigenvalue weighted by molar-refractivity contribution is 7.92. The van der Waals surface area contributed by atoms with Gasteiger partial charge in [-0.05, 0) is 24.6 Å². The number of methoxy groups -OCH3 is 2. The predicted molar refractivity (Wildman–Crippen MR) is 113 cm³/mol. The van der Waals surface area contributed by atoms with Gasteiger partial charge in [0.1, 0.15) is 23.2 Å². The minimum Gasteiger partial charge on any atom is -0.495 e. The van der Waals surface area contributed by atoms with Crippen molar-refractivity contribution < 1.29 is 27.6 Å². The first-order valence-electron chi connectivity index (χ1n) is 8.89. The Bertz CT molecular complexity index is 1040. The van der Waals surface area contributed by atoms with Crippen molar-refractivity contribution in [3.63, 3.8) is 0 Å². The number of non-ortho nitro benzene ring substituents is 1. The molecule has 10 nitrogen and oxygen atoms in total. The Kier molecular flexibility index (Phi) is 7.22. The van der Waals surface area contributed by atoms with Crippen molar-refractivity contribution in [1.82, 2.24) is 0 Å². The molecule has 1 amide bonds. The molecule has 0 spiro atoms. The quantitative estimate of drug-likeness (QED) is 0.472. The van der Waals surface area contributed by atoms with E-state index < -0.39 is 26.9 Å². The molecular weight excluding hydrogens is 414 g/mol. The van der Waals surface area contributed by atoms with E-state index in [2.05, 4.69) is 5.32 Å². The van der Waals surface area contributed by atoms with Gasteiger partial charge >= 0.3 is 0 Å². The molecule has 30 heavy (non-hydrogen) atoms. The second-order valence-corrected chi connectivity index (χ2v) is 8.15. The Morgan fingerprint density at radius 2 is 1.80 bits per heavy atom. The highest BCUT2D eigenvalue weighted by Gasteiger charge is 2.34. The summed E-state index contributed by atoms with van der Waals surface area (Å²) in [5.41, 5.74) is -0.0708. The third-order valence-corrected chi connectivity index (χ3v) is 5.47. The summed E-state index contributed by atoms with van der Waals surface area (Å²) in [5.74, 6) is -0.143. The Labute approximate surface area is 174 Å². The Hall–Kier alpha value is -3.34. The van der Waals surface area contributed by atoms with Crippen molar-refractivity contribution in [2.45, 2.75) is 19.4 Å². The van der Waals surface area contributed by atoms with Gasteiger partial charge < -0.3 is 14.8 Å². The van der Waals surface area contributed by atoms with Crippen LogP contribution in [-0.2, 0) is 14.8 Å². The molecule has 162 valence electrons. The van der Waals surface area contributed by atoms with Gasteiger partial charge in [-0.3, -0.25) is 19.2 Å². The van der Waals surface area contributed by atoms with Crippen molar-refractivity contribution in [2.24, 2.45) is 0 Å². The fourth-order valence-electron chi connectivity index (χ4n) is 2.96. The molecule has 0 heterocycles. The summed E-state index contributed by atoms with van der Waals surface area (Å²) in [7, 11) is -1.27. The smallest absolute Gasteiger partial charge is 0.271 e. The molecule has 11 heteroatoms. The standard InChI is InChI=1S/C19H23N3O7S/c1-5-15(19(23)20-14-8-6-7-9-17(14)28-2)21(30(4,26)27)16-12-13(22(24)25)10-11-18(16)29-3/h6-12,15H,5H2,1-4H3,(H,20,23)/t15-/m0/s1. The topological polar surface area (TPSA) is 128 Å². The number of carbonyl (C=O) groups excluding carboxylic acids is 1. The summed E-state index contributed by atoms with van der Waals surface area (Å²) in [4.78, 5) is 23.6. The summed E-state index contributed by atoms with van der Waals surface area (Å²) in [6, 6.07) is 9.03. The molecule has 1 N–H and O–H groups in total. The lowest BCUT2D eigenvalue weighted by molar-refractivity contribution is -0.384. The molecule has 0 bridgehead atoms. The first-order chi connectivity index (χ1) is 14.1. The van der Waals surface area contributed by atoms with Crippen molar-refractivity contribution in [3.05, 3.63) is 52.6 Å². The van der Waals surface area contributed by atoms with Crippen molar-refractivity contribution >= 4 is 33.0 Å². The van der Waals surface area contributed by atoms with E-state index in [0.29, 0.717) is 11.4 Å². The van der Waals surface area contributed by atoms with E-state index in [4.69, 9.17) is 9.47 Å². The van der Waals surface area contributed by atoms with Crippen LogP contribution in [0.15, 0.2) is 42.5 Å². The van der Waals surface area contributed by atoms with Gasteiger partial charge in [0.05, 0.1) is 31.1 Å². The zero-order valence-corrected chi connectivity index (χ0v) is 17.8. The zero-order chi connectivity index (χ0) is 22.5. The van der Waals surface area contributed by atoms with Crippen LogP contribution in [-0.4, -0.2) is 45.8 Å². The van der Waals surface area contributed by atoms with Gasteiger partial charge in [0.2, 0.25) is 15.9 Å². The number of rotatable bonds is 9. The van der Waals surface area contributed by atoms with Crippen LogP contribution >= 0.6 is 0 Å². The SMILES string of the molecule is CC[C@@H](C(=O)Nc1ccccc1OC)N(c1cc([N+](=O)[O-])ccc1OC)S(C)(=O)=O. The minimum absolute atomic E-state index is 0.0783. The summed E-state index contributed by atoms with van der Waals surface area (Å²) < 4.78 is 36.6. The summed E-state index contributed by atoms with van der Waals surface area (Å²) in [6.45, 7) is 1.63. The highest BCUT2D eigenvalue weighted by atomic mass is 32.2. The summed E-state index contributed by atoms with van der Waals surface area (Å²) >= 11 is 0. The maximum absolute atomic E-state index is 13.0. The van der Waals surface area contributed by atoms with Gasteiger partial charge in [-0.2, -0.15) is 0 Å².